The van der Waals surface area contributed by atoms with Gasteiger partial charge in [-0.3, -0.25) is 0 Å². The molecular formula is C22H28IN5O. The van der Waals surface area contributed by atoms with Crippen LogP contribution in [0.3, 0.4) is 0 Å². The molecule has 0 aliphatic heterocycles. The Bertz CT molecular complexity index is 895. The second kappa shape index (κ2) is 12.1. The third-order valence-corrected chi connectivity index (χ3v) is 4.14. The first-order valence-corrected chi connectivity index (χ1v) is 9.62. The zero-order chi connectivity index (χ0) is 19.6. The third kappa shape index (κ3) is 6.77. The van der Waals surface area contributed by atoms with Gasteiger partial charge >= 0.3 is 0 Å². The van der Waals surface area contributed by atoms with Crippen molar-refractivity contribution >= 4 is 29.9 Å². The summed E-state index contributed by atoms with van der Waals surface area (Å²) in [6, 6.07) is 18.1. The molecule has 0 amide bonds. The van der Waals surface area contributed by atoms with Crippen LogP contribution in [-0.4, -0.2) is 28.9 Å². The normalized spacial score (nSPS) is 10.9. The Morgan fingerprint density at radius 3 is 2.55 bits per heavy atom. The van der Waals surface area contributed by atoms with Gasteiger partial charge in [0.05, 0.1) is 25.0 Å². The van der Waals surface area contributed by atoms with Crippen LogP contribution in [0.5, 0.6) is 5.75 Å². The second-order valence-electron chi connectivity index (χ2n) is 6.22. The monoisotopic (exact) mass is 505 g/mol. The van der Waals surface area contributed by atoms with Gasteiger partial charge in [-0.05, 0) is 32.0 Å². The molecule has 6 nitrogen and oxygen atoms in total. The number of hydrogen-bond acceptors (Lipinski definition) is 3. The number of hydrogen-bond donors (Lipinski definition) is 2. The molecule has 7 heteroatoms. The maximum Gasteiger partial charge on any atom is 0.191 e. The standard InChI is InChI=1S/C22H27N5O.HI/c1-3-23-22(25-16-19-10-8-9-13-21(19)28-4-2)24-14-18-15-26-27(17-18)20-11-6-5-7-12-20;/h5-13,15,17H,3-4,14,16H2,1-2H3,(H2,23,24,25);1H. The fourth-order valence-corrected chi connectivity index (χ4v) is 2.80. The number of aromatic nitrogens is 2. The van der Waals surface area contributed by atoms with Crippen molar-refractivity contribution in [3.8, 4) is 11.4 Å². The number of aliphatic imine (C=N–C) groups is 1. The highest BCUT2D eigenvalue weighted by Crippen LogP contribution is 2.17. The number of halogens is 1. The van der Waals surface area contributed by atoms with Crippen LogP contribution in [0.15, 0.2) is 72.0 Å². The van der Waals surface area contributed by atoms with E-state index in [0.29, 0.717) is 19.7 Å². The molecule has 0 atom stereocenters. The average molecular weight is 505 g/mol. The first-order valence-electron chi connectivity index (χ1n) is 9.62. The van der Waals surface area contributed by atoms with Crippen LogP contribution in [-0.2, 0) is 13.1 Å². The summed E-state index contributed by atoms with van der Waals surface area (Å²) in [6.45, 7) is 6.68. The fraction of sp³-hybridized carbons (Fsp3) is 0.273. The zero-order valence-corrected chi connectivity index (χ0v) is 19.2. The largest absolute Gasteiger partial charge is 0.494 e. The van der Waals surface area contributed by atoms with Gasteiger partial charge in [0.1, 0.15) is 5.75 Å². The van der Waals surface area contributed by atoms with Crippen molar-refractivity contribution in [2.45, 2.75) is 26.9 Å². The van der Waals surface area contributed by atoms with Crippen molar-refractivity contribution in [1.29, 1.82) is 0 Å². The van der Waals surface area contributed by atoms with Gasteiger partial charge in [-0.15, -0.1) is 24.0 Å². The predicted molar refractivity (Wildman–Crippen MR) is 128 cm³/mol. The molecule has 0 fully saturated rings. The smallest absolute Gasteiger partial charge is 0.191 e. The van der Waals surface area contributed by atoms with E-state index in [1.54, 1.807) is 0 Å². The number of rotatable bonds is 8. The quantitative estimate of drug-likeness (QED) is 0.275. The van der Waals surface area contributed by atoms with Gasteiger partial charge in [0, 0.05) is 30.4 Å². The van der Waals surface area contributed by atoms with Gasteiger partial charge in [-0.25, -0.2) is 9.67 Å². The van der Waals surface area contributed by atoms with Crippen molar-refractivity contribution in [2.75, 3.05) is 13.2 Å². The summed E-state index contributed by atoms with van der Waals surface area (Å²) in [6.07, 6.45) is 3.86. The summed E-state index contributed by atoms with van der Waals surface area (Å²) < 4.78 is 7.56. The maximum absolute atomic E-state index is 5.69. The Labute approximate surface area is 189 Å². The van der Waals surface area contributed by atoms with Crippen molar-refractivity contribution in [3.63, 3.8) is 0 Å². The number of guanidine groups is 1. The SMILES string of the molecule is CCNC(=NCc1cnn(-c2ccccc2)c1)NCc1ccccc1OCC.I. The van der Waals surface area contributed by atoms with E-state index < -0.39 is 0 Å². The molecule has 1 heterocycles. The molecule has 0 saturated carbocycles. The second-order valence-corrected chi connectivity index (χ2v) is 6.22. The summed E-state index contributed by atoms with van der Waals surface area (Å²) in [5, 5.41) is 11.1. The number of nitrogens with one attached hydrogen (secondary N) is 2. The van der Waals surface area contributed by atoms with Crippen LogP contribution in [0.4, 0.5) is 0 Å². The average Bonchev–Trinajstić information content (AvgIpc) is 3.21. The Kier molecular flexibility index (Phi) is 9.49. The minimum atomic E-state index is 0. The molecule has 2 aromatic carbocycles. The minimum absolute atomic E-state index is 0. The molecule has 0 radical (unpaired) electrons. The van der Waals surface area contributed by atoms with Crippen molar-refractivity contribution in [2.24, 2.45) is 4.99 Å². The van der Waals surface area contributed by atoms with Gasteiger partial charge in [0.2, 0.25) is 0 Å². The topological polar surface area (TPSA) is 63.5 Å². The summed E-state index contributed by atoms with van der Waals surface area (Å²) in [7, 11) is 0. The van der Waals surface area contributed by atoms with E-state index in [9.17, 15) is 0 Å². The highest BCUT2D eigenvalue weighted by atomic mass is 127. The van der Waals surface area contributed by atoms with E-state index >= 15 is 0 Å². The molecule has 0 unspecified atom stereocenters. The fourth-order valence-electron chi connectivity index (χ4n) is 2.80. The molecule has 3 aromatic rings. The van der Waals surface area contributed by atoms with Crippen LogP contribution in [0.2, 0.25) is 0 Å². The van der Waals surface area contributed by atoms with E-state index in [1.807, 2.05) is 72.5 Å². The number of nitrogens with zero attached hydrogens (tertiary/aromatic N) is 3. The Morgan fingerprint density at radius 2 is 1.79 bits per heavy atom. The zero-order valence-electron chi connectivity index (χ0n) is 16.8. The molecule has 29 heavy (non-hydrogen) atoms. The molecule has 0 bridgehead atoms. The Balaban J connectivity index is 0.00000300. The lowest BCUT2D eigenvalue weighted by Crippen LogP contribution is -2.36. The third-order valence-electron chi connectivity index (χ3n) is 4.14. The molecule has 3 rings (SSSR count). The first-order chi connectivity index (χ1) is 13.8. The molecule has 0 saturated heterocycles. The van der Waals surface area contributed by atoms with Crippen LogP contribution in [0.25, 0.3) is 5.69 Å². The molecule has 1 aromatic heterocycles. The number of ether oxygens (including phenoxy) is 1. The number of benzene rings is 2. The first kappa shape index (κ1) is 22.7. The molecule has 0 spiro atoms. The predicted octanol–water partition coefficient (Wildman–Crippen LogP) is 4.14. The number of para-hydroxylation sites is 2. The van der Waals surface area contributed by atoms with Crippen LogP contribution >= 0.6 is 24.0 Å². The Morgan fingerprint density at radius 1 is 1.03 bits per heavy atom. The molecule has 0 aliphatic carbocycles. The van der Waals surface area contributed by atoms with Crippen molar-refractivity contribution in [3.05, 3.63) is 78.1 Å². The summed E-state index contributed by atoms with van der Waals surface area (Å²) in [5.74, 6) is 1.67. The minimum Gasteiger partial charge on any atom is -0.494 e. The van der Waals surface area contributed by atoms with Crippen LogP contribution in [0, 0.1) is 0 Å². The van der Waals surface area contributed by atoms with E-state index in [0.717, 1.165) is 35.1 Å². The molecule has 0 aliphatic rings. The van der Waals surface area contributed by atoms with Crippen LogP contribution in [0.1, 0.15) is 25.0 Å². The summed E-state index contributed by atoms with van der Waals surface area (Å²) in [4.78, 5) is 4.68. The molecular weight excluding hydrogens is 477 g/mol. The molecule has 154 valence electrons. The Hall–Kier alpha value is -2.55. The van der Waals surface area contributed by atoms with Gasteiger partial charge in [0.25, 0.3) is 0 Å². The van der Waals surface area contributed by atoms with Crippen molar-refractivity contribution < 1.29 is 4.74 Å². The highest BCUT2D eigenvalue weighted by molar-refractivity contribution is 14.0. The molecule has 2 N–H and O–H groups in total. The maximum atomic E-state index is 5.69. The van der Waals surface area contributed by atoms with E-state index in [-0.39, 0.29) is 24.0 Å². The lowest BCUT2D eigenvalue weighted by Gasteiger charge is -2.14. The van der Waals surface area contributed by atoms with E-state index in [2.05, 4.69) is 33.7 Å². The van der Waals surface area contributed by atoms with Gasteiger partial charge < -0.3 is 15.4 Å². The van der Waals surface area contributed by atoms with Crippen molar-refractivity contribution in [1.82, 2.24) is 20.4 Å². The van der Waals surface area contributed by atoms with Gasteiger partial charge in [-0.1, -0.05) is 36.4 Å². The summed E-state index contributed by atoms with van der Waals surface area (Å²) >= 11 is 0. The summed E-state index contributed by atoms with van der Waals surface area (Å²) in [5.41, 5.74) is 3.19. The lowest BCUT2D eigenvalue weighted by atomic mass is 10.2. The lowest BCUT2D eigenvalue weighted by molar-refractivity contribution is 0.336. The van der Waals surface area contributed by atoms with E-state index in [1.165, 1.54) is 0 Å². The van der Waals surface area contributed by atoms with Gasteiger partial charge in [0.15, 0.2) is 5.96 Å². The van der Waals surface area contributed by atoms with Gasteiger partial charge in [-0.2, -0.15) is 5.10 Å². The van der Waals surface area contributed by atoms with E-state index in [4.69, 9.17) is 4.74 Å². The highest BCUT2D eigenvalue weighted by Gasteiger charge is 2.05. The van der Waals surface area contributed by atoms with Crippen LogP contribution < -0.4 is 15.4 Å².